The first-order valence-electron chi connectivity index (χ1n) is 4.92. The normalized spacial score (nSPS) is 10.1. The zero-order valence-electron chi connectivity index (χ0n) is 8.71. The standard InChI is InChI=1S/C11H13BrClNO2/c12-5-7-16-8-6-14-11(15)9-3-1-2-4-10(9)13/h1-4H,5-8H2,(H,14,15). The molecule has 16 heavy (non-hydrogen) atoms. The molecule has 0 radical (unpaired) electrons. The highest BCUT2D eigenvalue weighted by Crippen LogP contribution is 2.14. The number of amides is 1. The van der Waals surface area contributed by atoms with Gasteiger partial charge in [-0.3, -0.25) is 4.79 Å². The van der Waals surface area contributed by atoms with Crippen LogP contribution in [0.1, 0.15) is 10.4 Å². The quantitative estimate of drug-likeness (QED) is 0.648. The molecule has 1 rings (SSSR count). The van der Waals surface area contributed by atoms with E-state index in [1.54, 1.807) is 24.3 Å². The molecule has 0 atom stereocenters. The Morgan fingerprint density at radius 1 is 1.38 bits per heavy atom. The molecule has 3 nitrogen and oxygen atoms in total. The molecule has 0 fully saturated rings. The fraction of sp³-hybridized carbons (Fsp3) is 0.364. The number of rotatable bonds is 6. The van der Waals surface area contributed by atoms with Crippen LogP contribution in [0.2, 0.25) is 5.02 Å². The average Bonchev–Trinajstić information content (AvgIpc) is 2.29. The Kier molecular flexibility index (Phi) is 6.45. The summed E-state index contributed by atoms with van der Waals surface area (Å²) in [5, 5.41) is 3.99. The number of alkyl halides is 1. The molecule has 0 unspecified atom stereocenters. The van der Waals surface area contributed by atoms with E-state index in [0.717, 1.165) is 5.33 Å². The lowest BCUT2D eigenvalue weighted by atomic mass is 10.2. The van der Waals surface area contributed by atoms with E-state index in [2.05, 4.69) is 21.2 Å². The summed E-state index contributed by atoms with van der Waals surface area (Å²) in [4.78, 5) is 11.6. The highest BCUT2D eigenvalue weighted by atomic mass is 79.9. The van der Waals surface area contributed by atoms with E-state index in [0.29, 0.717) is 30.3 Å². The lowest BCUT2D eigenvalue weighted by Crippen LogP contribution is -2.27. The third kappa shape index (κ3) is 4.51. The summed E-state index contributed by atoms with van der Waals surface area (Å²) in [6, 6.07) is 6.95. The van der Waals surface area contributed by atoms with E-state index >= 15 is 0 Å². The Balaban J connectivity index is 2.33. The van der Waals surface area contributed by atoms with Gasteiger partial charge in [-0.2, -0.15) is 0 Å². The van der Waals surface area contributed by atoms with E-state index in [1.807, 2.05) is 0 Å². The number of hydrogen-bond donors (Lipinski definition) is 1. The number of hydrogen-bond acceptors (Lipinski definition) is 2. The van der Waals surface area contributed by atoms with Crippen LogP contribution in [0.4, 0.5) is 0 Å². The lowest BCUT2D eigenvalue weighted by Gasteiger charge is -2.06. The van der Waals surface area contributed by atoms with Crippen molar-refractivity contribution in [3.63, 3.8) is 0 Å². The van der Waals surface area contributed by atoms with Crippen LogP contribution in [-0.4, -0.2) is 31.0 Å². The summed E-state index contributed by atoms with van der Waals surface area (Å²) >= 11 is 9.13. The molecular weight excluding hydrogens is 293 g/mol. The van der Waals surface area contributed by atoms with Crippen LogP contribution in [0.3, 0.4) is 0 Å². The second-order valence-corrected chi connectivity index (χ2v) is 4.24. The summed E-state index contributed by atoms with van der Waals surface area (Å²) in [5.74, 6) is -0.173. The van der Waals surface area contributed by atoms with Gasteiger partial charge in [0, 0.05) is 11.9 Å². The van der Waals surface area contributed by atoms with Crippen molar-refractivity contribution in [3.8, 4) is 0 Å². The molecule has 0 bridgehead atoms. The number of nitrogens with one attached hydrogen (secondary N) is 1. The average molecular weight is 307 g/mol. The lowest BCUT2D eigenvalue weighted by molar-refractivity contribution is 0.0924. The third-order valence-corrected chi connectivity index (χ3v) is 2.53. The topological polar surface area (TPSA) is 38.3 Å². The van der Waals surface area contributed by atoms with Crippen molar-refractivity contribution in [1.29, 1.82) is 0 Å². The van der Waals surface area contributed by atoms with Gasteiger partial charge in [-0.25, -0.2) is 0 Å². The van der Waals surface area contributed by atoms with Gasteiger partial charge in [0.15, 0.2) is 0 Å². The molecule has 0 saturated carbocycles. The van der Waals surface area contributed by atoms with Gasteiger partial charge >= 0.3 is 0 Å². The van der Waals surface area contributed by atoms with Crippen molar-refractivity contribution >= 4 is 33.4 Å². The fourth-order valence-electron chi connectivity index (χ4n) is 1.13. The van der Waals surface area contributed by atoms with E-state index in [1.165, 1.54) is 0 Å². The predicted molar refractivity (Wildman–Crippen MR) is 68.4 cm³/mol. The van der Waals surface area contributed by atoms with Crippen LogP contribution in [0, 0.1) is 0 Å². The Hall–Kier alpha value is -0.580. The first-order chi connectivity index (χ1) is 7.75. The van der Waals surface area contributed by atoms with Crippen LogP contribution < -0.4 is 5.32 Å². The van der Waals surface area contributed by atoms with Gasteiger partial charge in [-0.1, -0.05) is 39.7 Å². The van der Waals surface area contributed by atoms with Crippen LogP contribution >= 0.6 is 27.5 Å². The Bertz CT molecular complexity index is 347. The van der Waals surface area contributed by atoms with Crippen molar-refractivity contribution in [3.05, 3.63) is 34.9 Å². The van der Waals surface area contributed by atoms with Crippen LogP contribution in [-0.2, 0) is 4.74 Å². The number of carbonyl (C=O) groups is 1. The molecule has 1 aromatic carbocycles. The maximum absolute atomic E-state index is 11.6. The third-order valence-electron chi connectivity index (χ3n) is 1.87. The van der Waals surface area contributed by atoms with Crippen molar-refractivity contribution in [2.45, 2.75) is 0 Å². The minimum atomic E-state index is -0.173. The van der Waals surface area contributed by atoms with Gasteiger partial charge < -0.3 is 10.1 Å². The molecular formula is C11H13BrClNO2. The highest BCUT2D eigenvalue weighted by Gasteiger charge is 2.07. The summed E-state index contributed by atoms with van der Waals surface area (Å²) < 4.78 is 5.20. The number of ether oxygens (including phenoxy) is 1. The SMILES string of the molecule is O=C(NCCOCCBr)c1ccccc1Cl. The molecule has 88 valence electrons. The van der Waals surface area contributed by atoms with E-state index in [4.69, 9.17) is 16.3 Å². The van der Waals surface area contributed by atoms with Crippen molar-refractivity contribution < 1.29 is 9.53 Å². The molecule has 0 aromatic heterocycles. The predicted octanol–water partition coefficient (Wildman–Crippen LogP) is 2.48. The van der Waals surface area contributed by atoms with E-state index in [-0.39, 0.29) is 5.91 Å². The Morgan fingerprint density at radius 3 is 2.81 bits per heavy atom. The molecule has 1 amide bonds. The molecule has 0 heterocycles. The van der Waals surface area contributed by atoms with Crippen molar-refractivity contribution in [2.75, 3.05) is 25.1 Å². The maximum Gasteiger partial charge on any atom is 0.252 e. The second-order valence-electron chi connectivity index (χ2n) is 3.04. The summed E-state index contributed by atoms with van der Waals surface area (Å²) in [6.07, 6.45) is 0. The minimum Gasteiger partial charge on any atom is -0.379 e. The molecule has 5 heteroatoms. The molecule has 0 aliphatic heterocycles. The minimum absolute atomic E-state index is 0.173. The van der Waals surface area contributed by atoms with Crippen LogP contribution in [0.5, 0.6) is 0 Å². The van der Waals surface area contributed by atoms with Gasteiger partial charge in [0.1, 0.15) is 0 Å². The number of benzene rings is 1. The Labute approximate surface area is 108 Å². The highest BCUT2D eigenvalue weighted by molar-refractivity contribution is 9.09. The maximum atomic E-state index is 11.6. The van der Waals surface area contributed by atoms with Gasteiger partial charge in [0.25, 0.3) is 5.91 Å². The van der Waals surface area contributed by atoms with Crippen molar-refractivity contribution in [1.82, 2.24) is 5.32 Å². The zero-order chi connectivity index (χ0) is 11.8. The molecule has 0 spiro atoms. The fourth-order valence-corrected chi connectivity index (χ4v) is 1.58. The van der Waals surface area contributed by atoms with Crippen molar-refractivity contribution in [2.24, 2.45) is 0 Å². The summed E-state index contributed by atoms with van der Waals surface area (Å²) in [5.41, 5.74) is 0.490. The largest absolute Gasteiger partial charge is 0.379 e. The first-order valence-corrected chi connectivity index (χ1v) is 6.42. The van der Waals surface area contributed by atoms with Crippen LogP contribution in [0.25, 0.3) is 0 Å². The molecule has 1 N–H and O–H groups in total. The molecule has 1 aromatic rings. The van der Waals surface area contributed by atoms with Gasteiger partial charge in [0.05, 0.1) is 23.8 Å². The molecule has 0 saturated heterocycles. The first kappa shape index (κ1) is 13.5. The number of carbonyl (C=O) groups excluding carboxylic acids is 1. The summed E-state index contributed by atoms with van der Waals surface area (Å²) in [6.45, 7) is 1.63. The van der Waals surface area contributed by atoms with Gasteiger partial charge in [-0.15, -0.1) is 0 Å². The second kappa shape index (κ2) is 7.65. The molecule has 0 aliphatic rings. The smallest absolute Gasteiger partial charge is 0.252 e. The zero-order valence-corrected chi connectivity index (χ0v) is 11.1. The van der Waals surface area contributed by atoms with Crippen LogP contribution in [0.15, 0.2) is 24.3 Å². The summed E-state index contributed by atoms with van der Waals surface area (Å²) in [7, 11) is 0. The van der Waals surface area contributed by atoms with E-state index < -0.39 is 0 Å². The van der Waals surface area contributed by atoms with Gasteiger partial charge in [-0.05, 0) is 12.1 Å². The van der Waals surface area contributed by atoms with E-state index in [9.17, 15) is 4.79 Å². The Morgan fingerprint density at radius 2 is 2.12 bits per heavy atom. The van der Waals surface area contributed by atoms with Gasteiger partial charge in [0.2, 0.25) is 0 Å². The molecule has 0 aliphatic carbocycles. The number of halogens is 2. The monoisotopic (exact) mass is 305 g/mol.